The molecule has 0 saturated carbocycles. The maximum absolute atomic E-state index is 13.9. The van der Waals surface area contributed by atoms with Crippen LogP contribution in [-0.2, 0) is 17.9 Å². The molecular formula is C22H23F2N3O. The number of ether oxygens (including phenoxy) is 1. The quantitative estimate of drug-likeness (QED) is 0.671. The molecule has 1 aromatic heterocycles. The summed E-state index contributed by atoms with van der Waals surface area (Å²) in [6.07, 6.45) is 9.20. The van der Waals surface area contributed by atoms with E-state index in [0.29, 0.717) is 11.5 Å². The number of benzene rings is 1. The predicted octanol–water partition coefficient (Wildman–Crippen LogP) is 5.38. The second kappa shape index (κ2) is 8.25. The summed E-state index contributed by atoms with van der Waals surface area (Å²) < 4.78 is 35.3. The third kappa shape index (κ3) is 3.91. The second-order valence-electron chi connectivity index (χ2n) is 6.61. The van der Waals surface area contributed by atoms with Crippen LogP contribution in [0.5, 0.6) is 0 Å². The Bertz CT molecular complexity index is 961. The Balaban J connectivity index is 1.82. The van der Waals surface area contributed by atoms with E-state index in [1.165, 1.54) is 18.2 Å². The Morgan fingerprint density at radius 3 is 2.54 bits per heavy atom. The lowest BCUT2D eigenvalue weighted by Gasteiger charge is -2.30. The summed E-state index contributed by atoms with van der Waals surface area (Å²) in [5, 5.41) is 4.35. The maximum Gasteiger partial charge on any atom is 0.143 e. The van der Waals surface area contributed by atoms with Gasteiger partial charge in [0.25, 0.3) is 0 Å². The van der Waals surface area contributed by atoms with Gasteiger partial charge in [-0.3, -0.25) is 4.68 Å². The molecule has 0 saturated heterocycles. The van der Waals surface area contributed by atoms with Gasteiger partial charge in [-0.2, -0.15) is 5.10 Å². The van der Waals surface area contributed by atoms with Gasteiger partial charge in [0.1, 0.15) is 24.0 Å². The molecule has 0 fully saturated rings. The molecule has 3 rings (SSSR count). The largest absolute Gasteiger partial charge is 0.487 e. The molecule has 0 N–H and O–H groups in total. The molecule has 0 amide bonds. The van der Waals surface area contributed by atoms with Crippen LogP contribution < -0.4 is 0 Å². The molecule has 28 heavy (non-hydrogen) atoms. The summed E-state index contributed by atoms with van der Waals surface area (Å²) >= 11 is 0. The molecule has 2 heterocycles. The predicted molar refractivity (Wildman–Crippen MR) is 106 cm³/mol. The topological polar surface area (TPSA) is 30.3 Å². The smallest absolute Gasteiger partial charge is 0.143 e. The van der Waals surface area contributed by atoms with Crippen LogP contribution in [0.4, 0.5) is 8.78 Å². The van der Waals surface area contributed by atoms with E-state index in [9.17, 15) is 8.78 Å². The maximum atomic E-state index is 13.9. The van der Waals surface area contributed by atoms with Crippen LogP contribution in [0.15, 0.2) is 72.6 Å². The zero-order chi connectivity index (χ0) is 20.3. The van der Waals surface area contributed by atoms with Crippen molar-refractivity contribution in [2.75, 3.05) is 0 Å². The van der Waals surface area contributed by atoms with Crippen molar-refractivity contribution in [2.24, 2.45) is 0 Å². The van der Waals surface area contributed by atoms with Crippen molar-refractivity contribution in [2.45, 2.75) is 33.9 Å². The van der Waals surface area contributed by atoms with Crippen molar-refractivity contribution >= 4 is 5.70 Å². The van der Waals surface area contributed by atoms with Crippen LogP contribution in [0.3, 0.4) is 0 Å². The highest BCUT2D eigenvalue weighted by Crippen LogP contribution is 2.32. The first kappa shape index (κ1) is 19.6. The molecule has 0 atom stereocenters. The third-order valence-corrected chi connectivity index (χ3v) is 4.44. The van der Waals surface area contributed by atoms with E-state index in [1.807, 2.05) is 48.8 Å². The van der Waals surface area contributed by atoms with Gasteiger partial charge in [-0.15, -0.1) is 0 Å². The molecule has 0 aliphatic carbocycles. The number of aromatic nitrogens is 2. The fourth-order valence-corrected chi connectivity index (χ4v) is 3.01. The molecule has 2 aromatic rings. The van der Waals surface area contributed by atoms with Gasteiger partial charge in [0.05, 0.1) is 23.2 Å². The number of hydrogen-bond acceptors (Lipinski definition) is 3. The van der Waals surface area contributed by atoms with Crippen molar-refractivity contribution in [1.82, 2.24) is 14.7 Å². The van der Waals surface area contributed by atoms with E-state index in [-0.39, 0.29) is 12.2 Å². The van der Waals surface area contributed by atoms with Crippen LogP contribution in [0, 0.1) is 11.6 Å². The van der Waals surface area contributed by atoms with E-state index in [4.69, 9.17) is 4.74 Å². The number of rotatable bonds is 6. The lowest BCUT2D eigenvalue weighted by atomic mass is 10.1. The van der Waals surface area contributed by atoms with E-state index >= 15 is 0 Å². The van der Waals surface area contributed by atoms with Crippen LogP contribution >= 0.6 is 0 Å². The summed E-state index contributed by atoms with van der Waals surface area (Å²) in [6, 6.07) is 3.75. The van der Waals surface area contributed by atoms with Gasteiger partial charge in [-0.25, -0.2) is 8.78 Å². The number of allylic oxidation sites excluding steroid dienone is 3. The Labute approximate surface area is 163 Å². The van der Waals surface area contributed by atoms with Gasteiger partial charge in [-0.05, 0) is 45.1 Å². The average molecular weight is 383 g/mol. The first-order valence-corrected chi connectivity index (χ1v) is 9.05. The average Bonchev–Trinajstić information content (AvgIpc) is 3.12. The summed E-state index contributed by atoms with van der Waals surface area (Å²) in [7, 11) is 0. The summed E-state index contributed by atoms with van der Waals surface area (Å²) in [6.45, 7) is 10.7. The van der Waals surface area contributed by atoms with E-state index in [1.54, 1.807) is 12.3 Å². The minimum Gasteiger partial charge on any atom is -0.487 e. The molecule has 1 aliphatic rings. The third-order valence-electron chi connectivity index (χ3n) is 4.44. The van der Waals surface area contributed by atoms with E-state index < -0.39 is 11.6 Å². The van der Waals surface area contributed by atoms with Gasteiger partial charge in [0.15, 0.2) is 0 Å². The lowest BCUT2D eigenvalue weighted by Crippen LogP contribution is -2.20. The molecule has 1 aliphatic heterocycles. The summed E-state index contributed by atoms with van der Waals surface area (Å²) in [5.74, 6) is -0.815. The van der Waals surface area contributed by atoms with Gasteiger partial charge in [-0.1, -0.05) is 18.2 Å². The van der Waals surface area contributed by atoms with E-state index in [2.05, 4.69) is 11.7 Å². The highest BCUT2D eigenvalue weighted by atomic mass is 19.1. The van der Waals surface area contributed by atoms with Gasteiger partial charge >= 0.3 is 0 Å². The summed E-state index contributed by atoms with van der Waals surface area (Å²) in [5.41, 5.74) is 3.44. The van der Waals surface area contributed by atoms with Crippen LogP contribution in [0.25, 0.3) is 5.70 Å². The number of hydrogen-bond donors (Lipinski definition) is 0. The normalized spacial score (nSPS) is 13.5. The monoisotopic (exact) mass is 383 g/mol. The fraction of sp³-hybridized carbons (Fsp3) is 0.227. The van der Waals surface area contributed by atoms with Crippen molar-refractivity contribution in [3.8, 4) is 0 Å². The fourth-order valence-electron chi connectivity index (χ4n) is 3.01. The minimum atomic E-state index is -0.633. The lowest BCUT2D eigenvalue weighted by molar-refractivity contribution is 0.190. The zero-order valence-electron chi connectivity index (χ0n) is 16.2. The Kier molecular flexibility index (Phi) is 5.78. The molecule has 6 heteroatoms. The zero-order valence-corrected chi connectivity index (χ0v) is 16.2. The second-order valence-corrected chi connectivity index (χ2v) is 6.61. The molecule has 146 valence electrons. The highest BCUT2D eigenvalue weighted by molar-refractivity contribution is 5.69. The summed E-state index contributed by atoms with van der Waals surface area (Å²) in [4.78, 5) is 1.90. The van der Waals surface area contributed by atoms with Gasteiger partial charge in [0.2, 0.25) is 0 Å². The Morgan fingerprint density at radius 2 is 1.93 bits per heavy atom. The Hall–Kier alpha value is -3.15. The first-order valence-electron chi connectivity index (χ1n) is 9.05. The molecular weight excluding hydrogens is 360 g/mol. The van der Waals surface area contributed by atoms with E-state index in [0.717, 1.165) is 23.4 Å². The van der Waals surface area contributed by atoms with Crippen molar-refractivity contribution in [1.29, 1.82) is 0 Å². The first-order chi connectivity index (χ1) is 13.4. The molecule has 4 nitrogen and oxygen atoms in total. The number of halogens is 2. The molecule has 1 aromatic carbocycles. The molecule has 0 unspecified atom stereocenters. The standard InChI is InChI=1S/C22H23F2N3O/c1-5-26-13-17(12-25-26)22(15(2)3)27-11-7-10-21(16(27)4)28-14-18-19(23)8-6-9-20(18)24/h6-13H,4-5,14H2,1-3H3. The molecule has 0 bridgehead atoms. The van der Waals surface area contributed by atoms with Crippen LogP contribution in [-0.4, -0.2) is 14.7 Å². The van der Waals surface area contributed by atoms with Gasteiger partial charge in [0, 0.05) is 24.5 Å². The molecule has 0 spiro atoms. The number of aryl methyl sites for hydroxylation is 1. The highest BCUT2D eigenvalue weighted by Gasteiger charge is 2.22. The van der Waals surface area contributed by atoms with Crippen molar-refractivity contribution in [3.63, 3.8) is 0 Å². The van der Waals surface area contributed by atoms with Crippen molar-refractivity contribution in [3.05, 3.63) is 95.3 Å². The minimum absolute atomic E-state index is 0.107. The van der Waals surface area contributed by atoms with Gasteiger partial charge < -0.3 is 9.64 Å². The Morgan fingerprint density at radius 1 is 1.21 bits per heavy atom. The molecule has 0 radical (unpaired) electrons. The SMILES string of the molecule is C=C1C(OCc2c(F)cccc2F)=CC=CN1C(=C(C)C)c1cnn(CC)c1. The van der Waals surface area contributed by atoms with Crippen LogP contribution in [0.1, 0.15) is 31.9 Å². The van der Waals surface area contributed by atoms with Crippen molar-refractivity contribution < 1.29 is 13.5 Å². The van der Waals surface area contributed by atoms with Crippen LogP contribution in [0.2, 0.25) is 0 Å². The number of nitrogens with zero attached hydrogens (tertiary/aromatic N) is 3.